The molecule has 0 aromatic heterocycles. The van der Waals surface area contributed by atoms with Gasteiger partial charge in [0.05, 0.1) is 5.02 Å². The van der Waals surface area contributed by atoms with Gasteiger partial charge in [-0.1, -0.05) is 24.1 Å². The van der Waals surface area contributed by atoms with Gasteiger partial charge in [-0.15, -0.1) is 4.83 Å². The molecule has 2 rings (SSSR count). The van der Waals surface area contributed by atoms with Crippen molar-refractivity contribution in [2.45, 2.75) is 56.6 Å². The Morgan fingerprint density at radius 3 is 2.48 bits per heavy atom. The molecule has 1 aliphatic heterocycles. The molecule has 1 aliphatic rings. The number of halogens is 1. The van der Waals surface area contributed by atoms with Crippen LogP contribution in [0.15, 0.2) is 23.1 Å². The van der Waals surface area contributed by atoms with Crippen LogP contribution in [-0.2, 0) is 16.6 Å². The molecule has 1 aromatic rings. The van der Waals surface area contributed by atoms with Gasteiger partial charge < -0.3 is 5.73 Å². The van der Waals surface area contributed by atoms with Gasteiger partial charge in [0.2, 0.25) is 0 Å². The summed E-state index contributed by atoms with van der Waals surface area (Å²) in [6.45, 7) is 4.38. The van der Waals surface area contributed by atoms with E-state index in [1.54, 1.807) is 12.1 Å². The van der Waals surface area contributed by atoms with E-state index in [2.05, 4.69) is 4.83 Å². The summed E-state index contributed by atoms with van der Waals surface area (Å²) in [5, 5.41) is 2.01. The monoisotopic (exact) mass is 331 g/mol. The van der Waals surface area contributed by atoms with Crippen LogP contribution in [0.5, 0.6) is 0 Å². The molecule has 2 atom stereocenters. The molecule has 3 N–H and O–H groups in total. The average molecular weight is 332 g/mol. The van der Waals surface area contributed by atoms with Gasteiger partial charge in [0.1, 0.15) is 4.90 Å². The molecule has 0 aliphatic carbocycles. The van der Waals surface area contributed by atoms with Gasteiger partial charge in [0, 0.05) is 18.6 Å². The maximum atomic E-state index is 12.5. The Balaban J connectivity index is 2.25. The highest BCUT2D eigenvalue weighted by Crippen LogP contribution is 2.25. The van der Waals surface area contributed by atoms with Crippen LogP contribution in [0, 0.1) is 0 Å². The van der Waals surface area contributed by atoms with Crippen LogP contribution in [-0.4, -0.2) is 25.5 Å². The molecule has 0 amide bonds. The summed E-state index contributed by atoms with van der Waals surface area (Å²) in [7, 11) is -3.68. The Kier molecular flexibility index (Phi) is 5.27. The highest BCUT2D eigenvalue weighted by Gasteiger charge is 2.30. The zero-order valence-corrected chi connectivity index (χ0v) is 13.9. The first kappa shape index (κ1) is 16.7. The van der Waals surface area contributed by atoms with Crippen LogP contribution in [0.2, 0.25) is 5.02 Å². The van der Waals surface area contributed by atoms with Gasteiger partial charge in [-0.2, -0.15) is 0 Å². The van der Waals surface area contributed by atoms with Gasteiger partial charge >= 0.3 is 0 Å². The van der Waals surface area contributed by atoms with Crippen molar-refractivity contribution in [2.24, 2.45) is 5.73 Å². The smallest absolute Gasteiger partial charge is 0.254 e. The molecule has 0 radical (unpaired) electrons. The summed E-state index contributed by atoms with van der Waals surface area (Å²) in [5.41, 5.74) is 6.34. The highest BCUT2D eigenvalue weighted by molar-refractivity contribution is 7.89. The van der Waals surface area contributed by atoms with E-state index in [-0.39, 0.29) is 22.0 Å². The van der Waals surface area contributed by atoms with Crippen LogP contribution in [0.1, 0.15) is 38.7 Å². The van der Waals surface area contributed by atoms with E-state index in [9.17, 15) is 8.42 Å². The van der Waals surface area contributed by atoms with E-state index in [1.807, 2.05) is 18.9 Å². The van der Waals surface area contributed by atoms with E-state index in [4.69, 9.17) is 17.3 Å². The lowest BCUT2D eigenvalue weighted by atomic mass is 10.0. The predicted molar refractivity (Wildman–Crippen MR) is 84.3 cm³/mol. The van der Waals surface area contributed by atoms with E-state index >= 15 is 0 Å². The standard InChI is InChI=1S/C14H22ClN3O2S/c1-10-4-3-5-11(2)18(10)17-21(19,20)14-7-6-12(9-16)8-13(14)15/h6-8,10-11,17H,3-5,9,16H2,1-2H3. The maximum Gasteiger partial charge on any atom is 0.254 e. The molecule has 5 nitrogen and oxygen atoms in total. The van der Waals surface area contributed by atoms with Crippen molar-refractivity contribution in [3.63, 3.8) is 0 Å². The van der Waals surface area contributed by atoms with Crippen LogP contribution < -0.4 is 10.6 Å². The zero-order chi connectivity index (χ0) is 15.6. The number of rotatable bonds is 4. The summed E-state index contributed by atoms with van der Waals surface area (Å²) in [5.74, 6) is 0. The first-order valence-electron chi connectivity index (χ1n) is 7.14. The Hall–Kier alpha value is -0.660. The van der Waals surface area contributed by atoms with Crippen molar-refractivity contribution >= 4 is 21.6 Å². The number of nitrogens with one attached hydrogen (secondary N) is 1. The normalized spacial score (nSPS) is 24.2. The molecule has 118 valence electrons. The summed E-state index contributed by atoms with van der Waals surface area (Å²) in [6, 6.07) is 5.13. The molecule has 7 heteroatoms. The van der Waals surface area contributed by atoms with E-state index in [0.29, 0.717) is 6.54 Å². The van der Waals surface area contributed by atoms with E-state index in [1.165, 1.54) is 6.07 Å². The number of hydrazine groups is 1. The molecule has 1 fully saturated rings. The van der Waals surface area contributed by atoms with Crippen LogP contribution in [0.25, 0.3) is 0 Å². The second kappa shape index (κ2) is 6.62. The molecular weight excluding hydrogens is 310 g/mol. The molecule has 1 heterocycles. The number of hydrogen-bond acceptors (Lipinski definition) is 4. The predicted octanol–water partition coefficient (Wildman–Crippen LogP) is 2.25. The fraction of sp³-hybridized carbons (Fsp3) is 0.571. The third-order valence-electron chi connectivity index (χ3n) is 3.94. The summed E-state index contributed by atoms with van der Waals surface area (Å²) in [6.07, 6.45) is 3.08. The fourth-order valence-electron chi connectivity index (χ4n) is 2.68. The Bertz CT molecular complexity index is 596. The Labute approximate surface area is 131 Å². The van der Waals surface area contributed by atoms with Crippen molar-refractivity contribution < 1.29 is 8.42 Å². The molecule has 21 heavy (non-hydrogen) atoms. The summed E-state index contributed by atoms with van der Waals surface area (Å²) in [4.78, 5) is 2.77. The third-order valence-corrected chi connectivity index (χ3v) is 5.75. The quantitative estimate of drug-likeness (QED) is 0.887. The molecule has 0 spiro atoms. The SMILES string of the molecule is CC1CCCC(C)N1NS(=O)(=O)c1ccc(CN)cc1Cl. The number of piperidine rings is 1. The topological polar surface area (TPSA) is 75.4 Å². The molecule has 0 bridgehead atoms. The third kappa shape index (κ3) is 3.76. The fourth-order valence-corrected chi connectivity index (χ4v) is 4.48. The van der Waals surface area contributed by atoms with Crippen molar-refractivity contribution in [3.05, 3.63) is 28.8 Å². The lowest BCUT2D eigenvalue weighted by molar-refractivity contribution is 0.0790. The molecule has 1 saturated heterocycles. The minimum absolute atomic E-state index is 0.0892. The Morgan fingerprint density at radius 1 is 1.33 bits per heavy atom. The minimum atomic E-state index is -3.68. The highest BCUT2D eigenvalue weighted by atomic mass is 35.5. The van der Waals surface area contributed by atoms with Crippen molar-refractivity contribution in [3.8, 4) is 0 Å². The van der Waals surface area contributed by atoms with Gasteiger partial charge in [-0.3, -0.25) is 0 Å². The van der Waals surface area contributed by atoms with Gasteiger partial charge in [0.15, 0.2) is 0 Å². The van der Waals surface area contributed by atoms with Crippen molar-refractivity contribution in [2.75, 3.05) is 0 Å². The number of sulfonamides is 1. The lowest BCUT2D eigenvalue weighted by Gasteiger charge is -2.38. The van der Waals surface area contributed by atoms with Crippen molar-refractivity contribution in [1.82, 2.24) is 9.84 Å². The zero-order valence-electron chi connectivity index (χ0n) is 12.3. The maximum absolute atomic E-state index is 12.5. The molecule has 1 aromatic carbocycles. The van der Waals surface area contributed by atoms with Gasteiger partial charge in [0.25, 0.3) is 10.0 Å². The number of hydrogen-bond donors (Lipinski definition) is 2. The van der Waals surface area contributed by atoms with Crippen LogP contribution in [0.3, 0.4) is 0 Å². The second-order valence-corrected chi connectivity index (χ2v) is 7.64. The number of nitrogens with two attached hydrogens (primary N) is 1. The van der Waals surface area contributed by atoms with E-state index < -0.39 is 10.0 Å². The summed E-state index contributed by atoms with van der Waals surface area (Å²) < 4.78 is 25.1. The van der Waals surface area contributed by atoms with Gasteiger partial charge in [-0.25, -0.2) is 13.4 Å². The lowest BCUT2D eigenvalue weighted by Crippen LogP contribution is -2.53. The minimum Gasteiger partial charge on any atom is -0.326 e. The molecule has 0 saturated carbocycles. The first-order chi connectivity index (χ1) is 9.85. The van der Waals surface area contributed by atoms with Crippen molar-refractivity contribution in [1.29, 1.82) is 0 Å². The number of nitrogens with zero attached hydrogens (tertiary/aromatic N) is 1. The van der Waals surface area contributed by atoms with Crippen LogP contribution >= 0.6 is 11.6 Å². The van der Waals surface area contributed by atoms with Gasteiger partial charge in [-0.05, 0) is 44.4 Å². The van der Waals surface area contributed by atoms with E-state index in [0.717, 1.165) is 24.8 Å². The number of benzene rings is 1. The first-order valence-corrected chi connectivity index (χ1v) is 9.00. The average Bonchev–Trinajstić information content (AvgIpc) is 2.42. The Morgan fingerprint density at radius 2 is 1.95 bits per heavy atom. The second-order valence-electron chi connectivity index (χ2n) is 5.60. The molecule has 2 unspecified atom stereocenters. The summed E-state index contributed by atoms with van der Waals surface area (Å²) >= 11 is 6.09. The largest absolute Gasteiger partial charge is 0.326 e. The van der Waals surface area contributed by atoms with Crippen LogP contribution in [0.4, 0.5) is 0 Å². The molecular formula is C14H22ClN3O2S.